The molecule has 2 saturated heterocycles. The second-order valence-corrected chi connectivity index (χ2v) is 9.10. The van der Waals surface area contributed by atoms with Crippen LogP contribution in [0.1, 0.15) is 26.0 Å². The Kier molecular flexibility index (Phi) is 4.51. The van der Waals surface area contributed by atoms with Gasteiger partial charge in [0, 0.05) is 25.6 Å². The lowest BCUT2D eigenvalue weighted by molar-refractivity contribution is -0.138. The van der Waals surface area contributed by atoms with Crippen LogP contribution in [-0.2, 0) is 21.2 Å². The predicted molar refractivity (Wildman–Crippen MR) is 86.5 cm³/mol. The molecule has 0 spiro atoms. The molecule has 7 heteroatoms. The van der Waals surface area contributed by atoms with E-state index in [-0.39, 0.29) is 35.4 Å². The van der Waals surface area contributed by atoms with E-state index in [9.17, 15) is 13.2 Å². The average molecular weight is 340 g/mol. The van der Waals surface area contributed by atoms with Crippen LogP contribution in [0.5, 0.6) is 0 Å². The molecule has 23 heavy (non-hydrogen) atoms. The maximum absolute atomic E-state index is 12.5. The number of carbonyl (C=O) groups is 1. The van der Waals surface area contributed by atoms with Gasteiger partial charge in [0.15, 0.2) is 9.84 Å². The minimum absolute atomic E-state index is 0.0738. The monoisotopic (exact) mass is 340 g/mol. The molecule has 1 amide bonds. The van der Waals surface area contributed by atoms with Crippen LogP contribution in [0.3, 0.4) is 0 Å². The van der Waals surface area contributed by atoms with Crippen molar-refractivity contribution in [3.8, 4) is 0 Å². The molecule has 2 atom stereocenters. The minimum atomic E-state index is -3.10. The molecule has 0 unspecified atom stereocenters. The maximum atomic E-state index is 12.5. The summed E-state index contributed by atoms with van der Waals surface area (Å²) in [6.45, 7) is 5.88. The molecule has 0 saturated carbocycles. The Bertz CT molecular complexity index is 654. The van der Waals surface area contributed by atoms with Gasteiger partial charge in [0.25, 0.3) is 0 Å². The molecule has 2 aliphatic rings. The van der Waals surface area contributed by atoms with Crippen molar-refractivity contribution < 1.29 is 17.6 Å². The summed E-state index contributed by atoms with van der Waals surface area (Å²) in [5.74, 6) is 1.39. The predicted octanol–water partition coefficient (Wildman–Crippen LogP) is 1.14. The van der Waals surface area contributed by atoms with Crippen molar-refractivity contribution in [3.63, 3.8) is 0 Å². The van der Waals surface area contributed by atoms with Crippen LogP contribution < -0.4 is 0 Å². The highest BCUT2D eigenvalue weighted by atomic mass is 32.2. The lowest BCUT2D eigenvalue weighted by Crippen LogP contribution is -2.60. The van der Waals surface area contributed by atoms with Gasteiger partial charge in [0.05, 0.1) is 30.4 Å². The molecular weight excluding hydrogens is 316 g/mol. The van der Waals surface area contributed by atoms with Crippen LogP contribution in [0, 0.1) is 5.92 Å². The normalized spacial score (nSPS) is 27.3. The third-order valence-electron chi connectivity index (χ3n) is 4.63. The molecule has 3 rings (SSSR count). The number of sulfone groups is 1. The van der Waals surface area contributed by atoms with Gasteiger partial charge in [-0.25, -0.2) is 8.42 Å². The first-order valence-electron chi connectivity index (χ1n) is 8.12. The summed E-state index contributed by atoms with van der Waals surface area (Å²) in [7, 11) is -3.10. The topological polar surface area (TPSA) is 70.8 Å². The fourth-order valence-corrected chi connectivity index (χ4v) is 5.61. The molecule has 1 aromatic heterocycles. The number of furan rings is 1. The SMILES string of the molecule is CC(C)CC(=O)N1CCN(Cc2ccco2)[C@H]2CS(=O)(=O)C[C@H]21. The first-order chi connectivity index (χ1) is 10.9. The number of piperazine rings is 1. The van der Waals surface area contributed by atoms with Crippen molar-refractivity contribution in [2.75, 3.05) is 24.6 Å². The molecular formula is C16H24N2O4S. The van der Waals surface area contributed by atoms with Crippen LogP contribution in [0.25, 0.3) is 0 Å². The molecule has 1 aromatic rings. The van der Waals surface area contributed by atoms with Crippen LogP contribution in [0.15, 0.2) is 22.8 Å². The summed E-state index contributed by atoms with van der Waals surface area (Å²) >= 11 is 0. The maximum Gasteiger partial charge on any atom is 0.223 e. The van der Waals surface area contributed by atoms with Gasteiger partial charge in [-0.2, -0.15) is 0 Å². The third kappa shape index (κ3) is 3.61. The fraction of sp³-hybridized carbons (Fsp3) is 0.688. The van der Waals surface area contributed by atoms with E-state index in [1.807, 2.05) is 26.0 Å². The number of amides is 1. The Balaban J connectivity index is 1.78. The van der Waals surface area contributed by atoms with Crippen molar-refractivity contribution in [2.45, 2.75) is 38.9 Å². The molecule has 3 heterocycles. The van der Waals surface area contributed by atoms with E-state index in [1.165, 1.54) is 0 Å². The standard InChI is InChI=1S/C16H24N2O4S/c1-12(2)8-16(19)18-6-5-17(9-13-4-3-7-22-13)14-10-23(20,21)11-15(14)18/h3-4,7,12,14-15H,5-6,8-11H2,1-2H3/t14-,15+/m0/s1. The van der Waals surface area contributed by atoms with Gasteiger partial charge in [-0.15, -0.1) is 0 Å². The summed E-state index contributed by atoms with van der Waals surface area (Å²) in [4.78, 5) is 16.4. The van der Waals surface area contributed by atoms with E-state index in [2.05, 4.69) is 4.90 Å². The van der Waals surface area contributed by atoms with Gasteiger partial charge < -0.3 is 9.32 Å². The van der Waals surface area contributed by atoms with Crippen molar-refractivity contribution in [1.82, 2.24) is 9.80 Å². The first kappa shape index (κ1) is 16.5. The van der Waals surface area contributed by atoms with Crippen molar-refractivity contribution in [1.29, 1.82) is 0 Å². The summed E-state index contributed by atoms with van der Waals surface area (Å²) in [6, 6.07) is 3.37. The van der Waals surface area contributed by atoms with Gasteiger partial charge in [-0.3, -0.25) is 9.69 Å². The van der Waals surface area contributed by atoms with E-state index in [0.29, 0.717) is 26.1 Å². The number of nitrogens with zero attached hydrogens (tertiary/aromatic N) is 2. The molecule has 2 fully saturated rings. The number of hydrogen-bond donors (Lipinski definition) is 0. The zero-order chi connectivity index (χ0) is 16.6. The van der Waals surface area contributed by atoms with E-state index in [4.69, 9.17) is 4.42 Å². The highest BCUT2D eigenvalue weighted by Crippen LogP contribution is 2.29. The van der Waals surface area contributed by atoms with Crippen molar-refractivity contribution in [3.05, 3.63) is 24.2 Å². The molecule has 0 radical (unpaired) electrons. The number of hydrogen-bond acceptors (Lipinski definition) is 5. The van der Waals surface area contributed by atoms with Gasteiger partial charge >= 0.3 is 0 Å². The molecule has 6 nitrogen and oxygen atoms in total. The Labute approximate surface area is 137 Å². The van der Waals surface area contributed by atoms with Gasteiger partial charge in [0.2, 0.25) is 5.91 Å². The van der Waals surface area contributed by atoms with Crippen LogP contribution in [0.4, 0.5) is 0 Å². The smallest absolute Gasteiger partial charge is 0.223 e. The Morgan fingerprint density at radius 3 is 2.70 bits per heavy atom. The zero-order valence-corrected chi connectivity index (χ0v) is 14.5. The second kappa shape index (κ2) is 6.28. The van der Waals surface area contributed by atoms with E-state index in [1.54, 1.807) is 11.2 Å². The summed E-state index contributed by atoms with van der Waals surface area (Å²) in [5, 5.41) is 0. The van der Waals surface area contributed by atoms with Gasteiger partial charge in [-0.1, -0.05) is 13.8 Å². The lowest BCUT2D eigenvalue weighted by atomic mass is 10.0. The molecule has 0 N–H and O–H groups in total. The quantitative estimate of drug-likeness (QED) is 0.822. The Morgan fingerprint density at radius 1 is 1.30 bits per heavy atom. The van der Waals surface area contributed by atoms with E-state index < -0.39 is 9.84 Å². The highest BCUT2D eigenvalue weighted by Gasteiger charge is 2.47. The van der Waals surface area contributed by atoms with E-state index >= 15 is 0 Å². The molecule has 0 bridgehead atoms. The summed E-state index contributed by atoms with van der Waals surface area (Å²) in [5.41, 5.74) is 0. The lowest BCUT2D eigenvalue weighted by Gasteiger charge is -2.43. The molecule has 0 aliphatic carbocycles. The number of fused-ring (bicyclic) bond motifs is 1. The third-order valence-corrected chi connectivity index (χ3v) is 6.33. The van der Waals surface area contributed by atoms with Gasteiger partial charge in [0.1, 0.15) is 5.76 Å². The summed E-state index contributed by atoms with van der Waals surface area (Å²) in [6.07, 6.45) is 2.10. The van der Waals surface area contributed by atoms with Crippen LogP contribution >= 0.6 is 0 Å². The minimum Gasteiger partial charge on any atom is -0.468 e. The summed E-state index contributed by atoms with van der Waals surface area (Å²) < 4.78 is 29.7. The Hall–Kier alpha value is -1.34. The van der Waals surface area contributed by atoms with Crippen LogP contribution in [0.2, 0.25) is 0 Å². The van der Waals surface area contributed by atoms with Crippen molar-refractivity contribution >= 4 is 15.7 Å². The Morgan fingerprint density at radius 2 is 2.04 bits per heavy atom. The number of carbonyl (C=O) groups excluding carboxylic acids is 1. The molecule has 2 aliphatic heterocycles. The fourth-order valence-electron chi connectivity index (χ4n) is 3.60. The molecule has 128 valence electrons. The van der Waals surface area contributed by atoms with Crippen LogP contribution in [-0.4, -0.2) is 60.8 Å². The largest absolute Gasteiger partial charge is 0.468 e. The highest BCUT2D eigenvalue weighted by molar-refractivity contribution is 7.91. The number of rotatable bonds is 4. The second-order valence-electron chi connectivity index (χ2n) is 6.95. The van der Waals surface area contributed by atoms with E-state index in [0.717, 1.165) is 5.76 Å². The average Bonchev–Trinajstić information content (AvgIpc) is 3.04. The van der Waals surface area contributed by atoms with Gasteiger partial charge in [-0.05, 0) is 18.1 Å². The first-order valence-corrected chi connectivity index (χ1v) is 9.94. The molecule has 0 aromatic carbocycles. The van der Waals surface area contributed by atoms with Crippen molar-refractivity contribution in [2.24, 2.45) is 5.92 Å². The zero-order valence-electron chi connectivity index (χ0n) is 13.6.